The lowest BCUT2D eigenvalue weighted by molar-refractivity contribution is 1.17. The number of benzene rings is 6. The van der Waals surface area contributed by atoms with Crippen molar-refractivity contribution in [3.63, 3.8) is 0 Å². The van der Waals surface area contributed by atoms with E-state index in [0.29, 0.717) is 0 Å². The third kappa shape index (κ3) is 3.19. The number of nitrogens with zero attached hydrogens (tertiary/aromatic N) is 2. The standard InChI is InChI=1S/C33H25N2P/c1-36-34(26-14-4-2-5-15-26)30-22-20-24-12-8-10-18-28(24)32(30)33-29-19-11-9-13-25(29)21-23-31(33)35(36)27-16-6-3-7-17-27/h2-23H,1H3. The van der Waals surface area contributed by atoms with Crippen LogP contribution in [0.1, 0.15) is 0 Å². The highest BCUT2D eigenvalue weighted by atomic mass is 31.1. The largest absolute Gasteiger partial charge is 0.287 e. The van der Waals surface area contributed by atoms with E-state index in [2.05, 4.69) is 149 Å². The second-order valence-electron chi connectivity index (χ2n) is 9.15. The van der Waals surface area contributed by atoms with Gasteiger partial charge in [-0.05, 0) is 57.9 Å². The summed E-state index contributed by atoms with van der Waals surface area (Å²) in [7, 11) is -0.815. The lowest BCUT2D eigenvalue weighted by Crippen LogP contribution is -1.99. The van der Waals surface area contributed by atoms with E-state index in [1.165, 1.54) is 54.7 Å². The summed E-state index contributed by atoms with van der Waals surface area (Å²) in [6, 6.07) is 48.5. The van der Waals surface area contributed by atoms with E-state index >= 15 is 0 Å². The maximum atomic E-state index is 2.55. The van der Waals surface area contributed by atoms with Gasteiger partial charge in [-0.1, -0.05) is 97.1 Å². The van der Waals surface area contributed by atoms with Crippen LogP contribution in [-0.2, 0) is 6.66 Å². The Morgan fingerprint density at radius 1 is 0.417 bits per heavy atom. The molecule has 7 aromatic rings. The van der Waals surface area contributed by atoms with Gasteiger partial charge in [0, 0.05) is 25.3 Å². The van der Waals surface area contributed by atoms with Crippen molar-refractivity contribution in [3.05, 3.63) is 133 Å². The van der Waals surface area contributed by atoms with Crippen molar-refractivity contribution in [2.75, 3.05) is 0 Å². The Bertz CT molecular complexity index is 1800. The van der Waals surface area contributed by atoms with Gasteiger partial charge in [-0.3, -0.25) is 8.66 Å². The quantitative estimate of drug-likeness (QED) is 0.233. The Kier molecular flexibility index (Phi) is 4.94. The molecule has 3 heteroatoms. The van der Waals surface area contributed by atoms with E-state index in [1.54, 1.807) is 0 Å². The summed E-state index contributed by atoms with van der Waals surface area (Å²) < 4.78 is 5.11. The molecule has 0 saturated heterocycles. The van der Waals surface area contributed by atoms with Crippen LogP contribution in [-0.4, -0.2) is 8.66 Å². The molecule has 1 aromatic heterocycles. The van der Waals surface area contributed by atoms with Gasteiger partial charge in [0.2, 0.25) is 0 Å². The second-order valence-corrected chi connectivity index (χ2v) is 10.9. The van der Waals surface area contributed by atoms with Crippen LogP contribution in [0.4, 0.5) is 0 Å². The molecule has 172 valence electrons. The first-order valence-corrected chi connectivity index (χ1v) is 14.0. The Balaban J connectivity index is 1.89. The molecule has 0 fully saturated rings. The molecule has 0 radical (unpaired) electrons. The van der Waals surface area contributed by atoms with E-state index in [9.17, 15) is 0 Å². The molecule has 0 aliphatic rings. The van der Waals surface area contributed by atoms with Crippen molar-refractivity contribution >= 4 is 51.2 Å². The fourth-order valence-corrected chi connectivity index (χ4v) is 7.62. The zero-order chi connectivity index (χ0) is 24.1. The Morgan fingerprint density at radius 3 is 1.25 bits per heavy atom. The Labute approximate surface area is 211 Å². The minimum atomic E-state index is -0.815. The van der Waals surface area contributed by atoms with Crippen LogP contribution in [0.15, 0.2) is 133 Å². The molecule has 0 unspecified atom stereocenters. The molecule has 36 heavy (non-hydrogen) atoms. The Hall–Kier alpha value is -4.26. The lowest BCUT2D eigenvalue weighted by Gasteiger charge is -2.17. The smallest absolute Gasteiger partial charge is 0.0589 e. The first kappa shape index (κ1) is 21.1. The summed E-state index contributed by atoms with van der Waals surface area (Å²) in [4.78, 5) is 0. The van der Waals surface area contributed by atoms with Crippen molar-refractivity contribution in [2.45, 2.75) is 0 Å². The number of hydrogen-bond acceptors (Lipinski definition) is 0. The third-order valence-corrected chi connectivity index (χ3v) is 9.15. The average Bonchev–Trinajstić information content (AvgIpc) is 3.06. The first-order chi connectivity index (χ1) is 17.8. The summed E-state index contributed by atoms with van der Waals surface area (Å²) in [5, 5.41) is 7.69. The van der Waals surface area contributed by atoms with Crippen LogP contribution >= 0.6 is 7.85 Å². The van der Waals surface area contributed by atoms with Gasteiger partial charge in [-0.25, -0.2) is 0 Å². The second kappa shape index (κ2) is 8.45. The van der Waals surface area contributed by atoms with Crippen molar-refractivity contribution in [3.8, 4) is 11.4 Å². The van der Waals surface area contributed by atoms with Crippen LogP contribution in [0.3, 0.4) is 0 Å². The molecule has 1 heterocycles. The molecule has 0 aliphatic carbocycles. The van der Waals surface area contributed by atoms with Gasteiger partial charge >= 0.3 is 0 Å². The van der Waals surface area contributed by atoms with Crippen LogP contribution in [0, 0.1) is 0 Å². The summed E-state index contributed by atoms with van der Waals surface area (Å²) in [5.41, 5.74) is 4.93. The molecule has 0 amide bonds. The van der Waals surface area contributed by atoms with Gasteiger partial charge < -0.3 is 0 Å². The molecule has 0 spiro atoms. The van der Waals surface area contributed by atoms with Crippen molar-refractivity contribution in [2.24, 2.45) is 6.66 Å². The highest BCUT2D eigenvalue weighted by Gasteiger charge is 2.16. The number of para-hydroxylation sites is 2. The van der Waals surface area contributed by atoms with E-state index in [1.807, 2.05) is 0 Å². The van der Waals surface area contributed by atoms with Crippen molar-refractivity contribution in [1.29, 1.82) is 0 Å². The molecule has 2 nitrogen and oxygen atoms in total. The predicted octanol–water partition coefficient (Wildman–Crippen LogP) is 9.53. The molecule has 7 rings (SSSR count). The maximum absolute atomic E-state index is 2.55. The molecule has 0 aliphatic heterocycles. The fraction of sp³-hybridized carbons (Fsp3) is 0.0303. The van der Waals surface area contributed by atoms with Gasteiger partial charge in [-0.15, -0.1) is 0 Å². The van der Waals surface area contributed by atoms with Gasteiger partial charge in [0.1, 0.15) is 0 Å². The van der Waals surface area contributed by atoms with Gasteiger partial charge in [0.05, 0.1) is 22.4 Å². The van der Waals surface area contributed by atoms with E-state index in [0.717, 1.165) is 0 Å². The van der Waals surface area contributed by atoms with Crippen LogP contribution in [0.5, 0.6) is 0 Å². The van der Waals surface area contributed by atoms with Gasteiger partial charge in [0.15, 0.2) is 0 Å². The third-order valence-electron chi connectivity index (χ3n) is 7.10. The zero-order valence-corrected chi connectivity index (χ0v) is 20.9. The Morgan fingerprint density at radius 2 is 0.806 bits per heavy atom. The molecule has 0 N–H and O–H groups in total. The summed E-state index contributed by atoms with van der Waals surface area (Å²) in [6.45, 7) is 2.37. The lowest BCUT2D eigenvalue weighted by atomic mass is 9.98. The normalized spacial score (nSPS) is 11.5. The predicted molar refractivity (Wildman–Crippen MR) is 156 cm³/mol. The molecule has 0 bridgehead atoms. The SMILES string of the molecule is Cp1n(-c2ccccc2)c2ccc3ccccc3c2c2c3ccccc3ccc2n1-c1ccccc1. The zero-order valence-electron chi connectivity index (χ0n) is 20.0. The molecule has 6 aromatic carbocycles. The van der Waals surface area contributed by atoms with Crippen molar-refractivity contribution < 1.29 is 0 Å². The molecular weight excluding hydrogens is 455 g/mol. The summed E-state index contributed by atoms with van der Waals surface area (Å²) in [6.07, 6.45) is 0. The minimum absolute atomic E-state index is 0.815. The topological polar surface area (TPSA) is 9.86 Å². The molecule has 0 atom stereocenters. The number of fused-ring (bicyclic) bond motifs is 7. The minimum Gasteiger partial charge on any atom is -0.287 e. The van der Waals surface area contributed by atoms with E-state index < -0.39 is 7.85 Å². The fourth-order valence-electron chi connectivity index (χ4n) is 5.55. The number of rotatable bonds is 2. The monoisotopic (exact) mass is 480 g/mol. The first-order valence-electron chi connectivity index (χ1n) is 12.3. The van der Waals surface area contributed by atoms with Crippen LogP contribution < -0.4 is 0 Å². The van der Waals surface area contributed by atoms with Crippen LogP contribution in [0.2, 0.25) is 0 Å². The molecular formula is C33H25N2P. The summed E-state index contributed by atoms with van der Waals surface area (Å²) >= 11 is 0. The molecule has 0 saturated carbocycles. The van der Waals surface area contributed by atoms with Gasteiger partial charge in [-0.2, -0.15) is 0 Å². The maximum Gasteiger partial charge on any atom is 0.0589 e. The van der Waals surface area contributed by atoms with Crippen LogP contribution in [0.25, 0.3) is 54.7 Å². The average molecular weight is 481 g/mol. The van der Waals surface area contributed by atoms with Gasteiger partial charge in [0.25, 0.3) is 0 Å². The van der Waals surface area contributed by atoms with E-state index in [4.69, 9.17) is 0 Å². The van der Waals surface area contributed by atoms with Crippen molar-refractivity contribution in [1.82, 2.24) is 8.66 Å². The number of aromatic nitrogens is 2. The highest BCUT2D eigenvalue weighted by molar-refractivity contribution is 7.41. The summed E-state index contributed by atoms with van der Waals surface area (Å²) in [5.74, 6) is 0. The highest BCUT2D eigenvalue weighted by Crippen LogP contribution is 2.43. The van der Waals surface area contributed by atoms with E-state index in [-0.39, 0.29) is 0 Å². The number of hydrogen-bond donors (Lipinski definition) is 0.